The van der Waals surface area contributed by atoms with Crippen LogP contribution in [-0.2, 0) is 9.84 Å². The number of sulfone groups is 1. The molecule has 1 rings (SSSR count). The summed E-state index contributed by atoms with van der Waals surface area (Å²) in [4.78, 5) is 3.95. The van der Waals surface area contributed by atoms with Gasteiger partial charge in [-0.2, -0.15) is 0 Å². The normalized spacial score (nSPS) is 13.4. The molecule has 0 aromatic carbocycles. The monoisotopic (exact) mass is 340 g/mol. The van der Waals surface area contributed by atoms with Gasteiger partial charge in [-0.15, -0.1) is 0 Å². The lowest BCUT2D eigenvalue weighted by molar-refractivity contribution is 0.593. The smallest absolute Gasteiger partial charge is 0.152 e. The third kappa shape index (κ3) is 4.81. The molecule has 7 heteroatoms. The first-order valence-corrected chi connectivity index (χ1v) is 8.11. The summed E-state index contributed by atoms with van der Waals surface area (Å²) in [6.45, 7) is 3.46. The minimum absolute atomic E-state index is 0.101. The first kappa shape index (κ1) is 14.7. The van der Waals surface area contributed by atoms with E-state index >= 15 is 0 Å². The Kier molecular flexibility index (Phi) is 5.22. The molecule has 0 fully saturated rings. The summed E-state index contributed by atoms with van der Waals surface area (Å²) in [7, 11) is -2.98. The predicted octanol–water partition coefficient (Wildman–Crippen LogP) is 2.73. The van der Waals surface area contributed by atoms with Crippen molar-refractivity contribution in [2.45, 2.75) is 19.9 Å². The zero-order valence-corrected chi connectivity index (χ0v) is 12.7. The van der Waals surface area contributed by atoms with Crippen LogP contribution in [0.4, 0.5) is 5.69 Å². The fourth-order valence-electron chi connectivity index (χ4n) is 1.33. The number of anilines is 1. The number of pyridine rings is 1. The van der Waals surface area contributed by atoms with Gasteiger partial charge in [0, 0.05) is 11.8 Å². The van der Waals surface area contributed by atoms with E-state index in [2.05, 4.69) is 26.2 Å². The maximum atomic E-state index is 11.4. The molecule has 0 aliphatic rings. The van der Waals surface area contributed by atoms with Crippen molar-refractivity contribution in [3.8, 4) is 0 Å². The van der Waals surface area contributed by atoms with Crippen LogP contribution in [0, 0.1) is 0 Å². The summed E-state index contributed by atoms with van der Waals surface area (Å²) < 4.78 is 23.5. The van der Waals surface area contributed by atoms with Crippen molar-refractivity contribution in [1.29, 1.82) is 0 Å². The fourth-order valence-corrected chi connectivity index (χ4v) is 2.86. The average Bonchev–Trinajstić information content (AvgIpc) is 2.23. The Labute approximate surface area is 115 Å². The summed E-state index contributed by atoms with van der Waals surface area (Å²) in [6.07, 6.45) is 1.57. The lowest BCUT2D eigenvalue weighted by Crippen LogP contribution is -2.26. The van der Waals surface area contributed by atoms with Crippen LogP contribution in [-0.4, -0.2) is 30.9 Å². The van der Waals surface area contributed by atoms with E-state index in [9.17, 15) is 8.42 Å². The van der Waals surface area contributed by atoms with Gasteiger partial charge in [0.15, 0.2) is 9.84 Å². The molecule has 1 unspecified atom stereocenters. The van der Waals surface area contributed by atoms with Gasteiger partial charge >= 0.3 is 0 Å². The second-order valence-electron chi connectivity index (χ2n) is 3.74. The summed E-state index contributed by atoms with van der Waals surface area (Å²) >= 11 is 9.02. The van der Waals surface area contributed by atoms with Gasteiger partial charge in [-0.1, -0.05) is 18.5 Å². The molecule has 1 aromatic rings. The molecule has 96 valence electrons. The molecule has 4 nitrogen and oxygen atoms in total. The standard InChI is InChI=1S/C10H14BrClN2O2S/c1-3-17(15,16)6-7(2)14-8-4-9(11)10(12)13-5-8/h4-5,7,14H,3,6H2,1-2H3. The van der Waals surface area contributed by atoms with Gasteiger partial charge in [0.1, 0.15) is 5.15 Å². The van der Waals surface area contributed by atoms with E-state index in [0.717, 1.165) is 5.69 Å². The van der Waals surface area contributed by atoms with Gasteiger partial charge in [0.2, 0.25) is 0 Å². The number of rotatable bonds is 5. The molecule has 0 radical (unpaired) electrons. The summed E-state index contributed by atoms with van der Waals surface area (Å²) in [6, 6.07) is 1.60. The number of halogens is 2. The van der Waals surface area contributed by atoms with Gasteiger partial charge in [-0.3, -0.25) is 0 Å². The Morgan fingerprint density at radius 2 is 2.24 bits per heavy atom. The van der Waals surface area contributed by atoms with Crippen molar-refractivity contribution < 1.29 is 8.42 Å². The minimum atomic E-state index is -2.98. The predicted molar refractivity (Wildman–Crippen MR) is 74.4 cm³/mol. The molecule has 1 N–H and O–H groups in total. The van der Waals surface area contributed by atoms with Crippen molar-refractivity contribution in [3.05, 3.63) is 21.9 Å². The largest absolute Gasteiger partial charge is 0.380 e. The Morgan fingerprint density at radius 3 is 2.76 bits per heavy atom. The van der Waals surface area contributed by atoms with Crippen LogP contribution in [0.3, 0.4) is 0 Å². The van der Waals surface area contributed by atoms with Crippen LogP contribution in [0.1, 0.15) is 13.8 Å². The Hall–Kier alpha value is -0.330. The molecule has 1 atom stereocenters. The number of hydrogen-bond donors (Lipinski definition) is 1. The molecule has 0 bridgehead atoms. The summed E-state index contributed by atoms with van der Waals surface area (Å²) in [5, 5.41) is 3.45. The van der Waals surface area contributed by atoms with Gasteiger partial charge in [0.05, 0.1) is 22.1 Å². The third-order valence-corrected chi connectivity index (χ3v) is 5.17. The Balaban J connectivity index is 2.68. The topological polar surface area (TPSA) is 59.1 Å². The highest BCUT2D eigenvalue weighted by Gasteiger charge is 2.13. The molecule has 17 heavy (non-hydrogen) atoms. The molecule has 0 aliphatic carbocycles. The maximum Gasteiger partial charge on any atom is 0.152 e. The third-order valence-electron chi connectivity index (χ3n) is 2.15. The summed E-state index contributed by atoms with van der Waals surface area (Å²) in [5.41, 5.74) is 0.736. The van der Waals surface area contributed by atoms with Crippen molar-refractivity contribution in [3.63, 3.8) is 0 Å². The maximum absolute atomic E-state index is 11.4. The fraction of sp³-hybridized carbons (Fsp3) is 0.500. The van der Waals surface area contributed by atoms with Gasteiger partial charge in [0.25, 0.3) is 0 Å². The van der Waals surface area contributed by atoms with E-state index in [1.807, 2.05) is 6.92 Å². The number of nitrogens with zero attached hydrogens (tertiary/aromatic N) is 1. The zero-order chi connectivity index (χ0) is 13.1. The second kappa shape index (κ2) is 6.02. The van der Waals surface area contributed by atoms with E-state index in [-0.39, 0.29) is 17.5 Å². The lowest BCUT2D eigenvalue weighted by atomic mass is 10.3. The van der Waals surface area contributed by atoms with Crippen LogP contribution < -0.4 is 5.32 Å². The highest BCUT2D eigenvalue weighted by atomic mass is 79.9. The second-order valence-corrected chi connectivity index (χ2v) is 7.35. The van der Waals surface area contributed by atoms with E-state index in [4.69, 9.17) is 11.6 Å². The van der Waals surface area contributed by atoms with E-state index in [1.165, 1.54) is 0 Å². The molecule has 0 aliphatic heterocycles. The zero-order valence-electron chi connectivity index (χ0n) is 9.57. The molecule has 1 heterocycles. The van der Waals surface area contributed by atoms with Gasteiger partial charge in [-0.25, -0.2) is 13.4 Å². The highest BCUT2D eigenvalue weighted by Crippen LogP contribution is 2.23. The molecule has 0 saturated heterocycles. The quantitative estimate of drug-likeness (QED) is 0.837. The van der Waals surface area contributed by atoms with E-state index in [1.54, 1.807) is 19.2 Å². The van der Waals surface area contributed by atoms with Crippen LogP contribution in [0.5, 0.6) is 0 Å². The van der Waals surface area contributed by atoms with Crippen molar-refractivity contribution in [2.24, 2.45) is 0 Å². The minimum Gasteiger partial charge on any atom is -0.380 e. The Bertz CT molecular complexity index is 493. The summed E-state index contributed by atoms with van der Waals surface area (Å²) in [5.74, 6) is 0.255. The van der Waals surface area contributed by atoms with Gasteiger partial charge < -0.3 is 5.32 Å². The van der Waals surface area contributed by atoms with Gasteiger partial charge in [-0.05, 0) is 28.9 Å². The molecular weight excluding hydrogens is 328 g/mol. The number of aromatic nitrogens is 1. The molecule has 0 saturated carbocycles. The lowest BCUT2D eigenvalue weighted by Gasteiger charge is -2.15. The molecule has 0 spiro atoms. The van der Waals surface area contributed by atoms with E-state index < -0.39 is 9.84 Å². The first-order valence-electron chi connectivity index (χ1n) is 5.12. The van der Waals surface area contributed by atoms with Crippen molar-refractivity contribution in [2.75, 3.05) is 16.8 Å². The van der Waals surface area contributed by atoms with Crippen molar-refractivity contribution >= 4 is 43.1 Å². The van der Waals surface area contributed by atoms with Crippen LogP contribution in [0.2, 0.25) is 5.15 Å². The Morgan fingerprint density at radius 1 is 1.59 bits per heavy atom. The van der Waals surface area contributed by atoms with Crippen LogP contribution in [0.15, 0.2) is 16.7 Å². The SMILES string of the molecule is CCS(=O)(=O)CC(C)Nc1cnc(Cl)c(Br)c1. The number of hydrogen-bond acceptors (Lipinski definition) is 4. The highest BCUT2D eigenvalue weighted by molar-refractivity contribution is 9.10. The molecular formula is C10H14BrClN2O2S. The number of nitrogens with one attached hydrogen (secondary N) is 1. The molecule has 1 aromatic heterocycles. The van der Waals surface area contributed by atoms with E-state index in [0.29, 0.717) is 9.63 Å². The van der Waals surface area contributed by atoms with Crippen molar-refractivity contribution in [1.82, 2.24) is 4.98 Å². The average molecular weight is 342 g/mol. The first-order chi connectivity index (χ1) is 7.84. The van der Waals surface area contributed by atoms with Crippen LogP contribution >= 0.6 is 27.5 Å². The van der Waals surface area contributed by atoms with Crippen LogP contribution in [0.25, 0.3) is 0 Å². The molecule has 0 amide bonds.